The first-order valence-corrected chi connectivity index (χ1v) is 11.2. The van der Waals surface area contributed by atoms with Gasteiger partial charge in [0.15, 0.2) is 4.87 Å². The van der Waals surface area contributed by atoms with Gasteiger partial charge in [0.1, 0.15) is 0 Å². The first kappa shape index (κ1) is 20.8. The van der Waals surface area contributed by atoms with E-state index < -0.39 is 4.87 Å². The molecule has 1 atom stereocenters. The molecule has 158 valence electrons. The van der Waals surface area contributed by atoms with Crippen molar-refractivity contribution in [1.29, 1.82) is 0 Å². The Balaban J connectivity index is 1.63. The normalized spacial score (nSPS) is 20.3. The van der Waals surface area contributed by atoms with Crippen LogP contribution in [0.4, 0.5) is 16.2 Å². The predicted octanol–water partition coefficient (Wildman–Crippen LogP) is 4.24. The molecule has 2 aromatic rings. The van der Waals surface area contributed by atoms with E-state index in [1.807, 2.05) is 48.5 Å². The summed E-state index contributed by atoms with van der Waals surface area (Å²) in [5.74, 6) is 1.06. The van der Waals surface area contributed by atoms with Crippen LogP contribution in [0.1, 0.15) is 30.9 Å². The Hall–Kier alpha value is -2.51. The number of amides is 3. The van der Waals surface area contributed by atoms with E-state index in [4.69, 9.17) is 4.74 Å². The summed E-state index contributed by atoms with van der Waals surface area (Å²) in [6.45, 7) is 5.68. The number of urea groups is 1. The van der Waals surface area contributed by atoms with Crippen molar-refractivity contribution in [3.8, 4) is 0 Å². The number of benzene rings is 2. The lowest BCUT2D eigenvalue weighted by molar-refractivity contribution is -0.123. The molecule has 1 N–H and O–H groups in total. The third-order valence-electron chi connectivity index (χ3n) is 5.69. The number of carbonyl (C=O) groups excluding carboxylic acids is 2. The van der Waals surface area contributed by atoms with Crippen LogP contribution in [0.25, 0.3) is 0 Å². The number of ether oxygens (including phenoxy) is 1. The average molecular weight is 426 g/mol. The number of hydrogen-bond donors (Lipinski definition) is 1. The summed E-state index contributed by atoms with van der Waals surface area (Å²) in [4.78, 5) is 29.3. The third-order valence-corrected chi connectivity index (χ3v) is 7.11. The van der Waals surface area contributed by atoms with E-state index in [-0.39, 0.29) is 11.9 Å². The Kier molecular flexibility index (Phi) is 5.75. The molecule has 3 amide bonds. The summed E-state index contributed by atoms with van der Waals surface area (Å²) in [5.41, 5.74) is 3.67. The molecule has 7 heteroatoms. The van der Waals surface area contributed by atoms with Gasteiger partial charge in [-0.05, 0) is 29.7 Å². The van der Waals surface area contributed by atoms with E-state index in [1.165, 1.54) is 17.3 Å². The summed E-state index contributed by atoms with van der Waals surface area (Å²) in [7, 11) is 1.62. The Morgan fingerprint density at radius 2 is 1.93 bits per heavy atom. The SMILES string of the molecule is COCCN1C(=O)[C@]2(SCCN2C(=O)Nc2ccc(C(C)C)cc2)c2ccccc21. The summed E-state index contributed by atoms with van der Waals surface area (Å²) < 4.78 is 5.20. The lowest BCUT2D eigenvalue weighted by Gasteiger charge is -2.33. The zero-order valence-electron chi connectivity index (χ0n) is 17.6. The van der Waals surface area contributed by atoms with Crippen molar-refractivity contribution in [3.05, 3.63) is 59.7 Å². The topological polar surface area (TPSA) is 61.9 Å². The molecule has 0 unspecified atom stereocenters. The fraction of sp³-hybridized carbons (Fsp3) is 0.391. The standard InChI is InChI=1S/C23H27N3O3S/c1-16(2)17-8-10-18(11-9-17)24-22(28)26-13-15-30-23(26)19-6-4-5-7-20(19)25(21(23)27)12-14-29-3/h4-11,16H,12-15H2,1-3H3,(H,24,28)/t23-/m1/s1. The highest BCUT2D eigenvalue weighted by Gasteiger charge is 2.59. The van der Waals surface area contributed by atoms with Crippen molar-refractivity contribution in [1.82, 2.24) is 4.90 Å². The Morgan fingerprint density at radius 1 is 1.20 bits per heavy atom. The van der Waals surface area contributed by atoms with E-state index in [0.717, 1.165) is 16.9 Å². The minimum Gasteiger partial charge on any atom is -0.383 e. The summed E-state index contributed by atoms with van der Waals surface area (Å²) >= 11 is 1.53. The van der Waals surface area contributed by atoms with Gasteiger partial charge in [0, 0.05) is 37.2 Å². The number of para-hydroxylation sites is 1. The maximum atomic E-state index is 13.6. The molecular formula is C23H27N3O3S. The molecule has 2 heterocycles. The number of rotatable bonds is 5. The second-order valence-corrected chi connectivity index (χ2v) is 9.11. The number of nitrogens with zero attached hydrogens (tertiary/aromatic N) is 2. The number of fused-ring (bicyclic) bond motifs is 2. The first-order valence-electron chi connectivity index (χ1n) is 10.2. The molecule has 0 aromatic heterocycles. The van der Waals surface area contributed by atoms with E-state index in [9.17, 15) is 9.59 Å². The van der Waals surface area contributed by atoms with Crippen LogP contribution in [0.5, 0.6) is 0 Å². The number of anilines is 2. The molecule has 0 radical (unpaired) electrons. The molecule has 1 saturated heterocycles. The van der Waals surface area contributed by atoms with Crippen molar-refractivity contribution in [2.45, 2.75) is 24.6 Å². The monoisotopic (exact) mass is 425 g/mol. The maximum absolute atomic E-state index is 13.6. The van der Waals surface area contributed by atoms with Gasteiger partial charge in [0.2, 0.25) is 0 Å². The smallest absolute Gasteiger partial charge is 0.323 e. The molecule has 6 nitrogen and oxygen atoms in total. The van der Waals surface area contributed by atoms with Gasteiger partial charge in [-0.2, -0.15) is 0 Å². The largest absolute Gasteiger partial charge is 0.383 e. The van der Waals surface area contributed by atoms with Gasteiger partial charge in [0.05, 0.1) is 12.3 Å². The number of methoxy groups -OCH3 is 1. The molecule has 2 aliphatic heterocycles. The van der Waals surface area contributed by atoms with E-state index in [1.54, 1.807) is 16.9 Å². The molecule has 1 fully saturated rings. The van der Waals surface area contributed by atoms with Crippen LogP contribution >= 0.6 is 11.8 Å². The molecule has 2 aromatic carbocycles. The lowest BCUT2D eigenvalue weighted by Crippen LogP contribution is -2.52. The van der Waals surface area contributed by atoms with Crippen molar-refractivity contribution in [2.75, 3.05) is 42.8 Å². The Bertz CT molecular complexity index is 947. The Morgan fingerprint density at radius 3 is 2.63 bits per heavy atom. The molecule has 30 heavy (non-hydrogen) atoms. The fourth-order valence-corrected chi connectivity index (χ4v) is 5.58. The predicted molar refractivity (Wildman–Crippen MR) is 121 cm³/mol. The zero-order valence-corrected chi connectivity index (χ0v) is 18.4. The summed E-state index contributed by atoms with van der Waals surface area (Å²) in [6, 6.07) is 15.4. The highest BCUT2D eigenvalue weighted by atomic mass is 32.2. The van der Waals surface area contributed by atoms with Crippen LogP contribution in [0.15, 0.2) is 48.5 Å². The zero-order chi connectivity index (χ0) is 21.3. The van der Waals surface area contributed by atoms with Crippen molar-refractivity contribution < 1.29 is 14.3 Å². The van der Waals surface area contributed by atoms with Crippen LogP contribution in [0.2, 0.25) is 0 Å². The molecule has 0 bridgehead atoms. The van der Waals surface area contributed by atoms with Gasteiger partial charge >= 0.3 is 6.03 Å². The van der Waals surface area contributed by atoms with E-state index in [0.29, 0.717) is 31.4 Å². The average Bonchev–Trinajstić information content (AvgIpc) is 3.29. The molecular weight excluding hydrogens is 398 g/mol. The van der Waals surface area contributed by atoms with Gasteiger partial charge in [-0.15, -0.1) is 11.8 Å². The van der Waals surface area contributed by atoms with Crippen LogP contribution in [0, 0.1) is 0 Å². The molecule has 0 saturated carbocycles. The van der Waals surface area contributed by atoms with Crippen LogP contribution in [-0.2, 0) is 14.4 Å². The van der Waals surface area contributed by atoms with Gasteiger partial charge in [-0.3, -0.25) is 9.69 Å². The number of thioether (sulfide) groups is 1. The molecule has 0 aliphatic carbocycles. The first-order chi connectivity index (χ1) is 14.5. The number of nitrogens with one attached hydrogen (secondary N) is 1. The highest BCUT2D eigenvalue weighted by Crippen LogP contribution is 2.54. The maximum Gasteiger partial charge on any atom is 0.323 e. The second-order valence-electron chi connectivity index (χ2n) is 7.82. The van der Waals surface area contributed by atoms with Gasteiger partial charge in [-0.1, -0.05) is 44.2 Å². The third kappa shape index (κ3) is 3.36. The fourth-order valence-electron chi connectivity index (χ4n) is 4.11. The van der Waals surface area contributed by atoms with Crippen molar-refractivity contribution >= 4 is 35.1 Å². The minimum absolute atomic E-state index is 0.0754. The highest BCUT2D eigenvalue weighted by molar-refractivity contribution is 8.01. The van der Waals surface area contributed by atoms with Crippen LogP contribution < -0.4 is 10.2 Å². The lowest BCUT2D eigenvalue weighted by atomic mass is 10.0. The molecule has 2 aliphatic rings. The van der Waals surface area contributed by atoms with Crippen LogP contribution in [-0.4, -0.2) is 49.4 Å². The molecule has 4 rings (SSSR count). The van der Waals surface area contributed by atoms with Crippen molar-refractivity contribution in [3.63, 3.8) is 0 Å². The quantitative estimate of drug-likeness (QED) is 0.779. The van der Waals surface area contributed by atoms with Crippen molar-refractivity contribution in [2.24, 2.45) is 0 Å². The minimum atomic E-state index is -1.02. The number of hydrogen-bond acceptors (Lipinski definition) is 4. The van der Waals surface area contributed by atoms with Gasteiger partial charge in [0.25, 0.3) is 5.91 Å². The summed E-state index contributed by atoms with van der Waals surface area (Å²) in [5, 5.41) is 2.99. The van der Waals surface area contributed by atoms with E-state index in [2.05, 4.69) is 19.2 Å². The van der Waals surface area contributed by atoms with E-state index >= 15 is 0 Å². The van der Waals surface area contributed by atoms with Crippen LogP contribution in [0.3, 0.4) is 0 Å². The second kappa shape index (κ2) is 8.32. The van der Waals surface area contributed by atoms with Gasteiger partial charge < -0.3 is 15.0 Å². The summed E-state index contributed by atoms with van der Waals surface area (Å²) in [6.07, 6.45) is 0. The molecule has 1 spiro atoms. The van der Waals surface area contributed by atoms with Gasteiger partial charge in [-0.25, -0.2) is 4.79 Å². The Labute approximate surface area is 181 Å². The number of carbonyl (C=O) groups is 2.